The highest BCUT2D eigenvalue weighted by atomic mass is 127. The van der Waals surface area contributed by atoms with Gasteiger partial charge in [0.05, 0.1) is 115 Å². The number of ether oxygens (including phenoxy) is 4. The Morgan fingerprint density at radius 1 is 0.361 bits per heavy atom. The fourth-order valence-corrected chi connectivity index (χ4v) is 14.9. The number of hydrogen-bond acceptors (Lipinski definition) is 13. The van der Waals surface area contributed by atoms with Crippen molar-refractivity contribution in [1.29, 1.82) is 0 Å². The lowest BCUT2D eigenvalue weighted by molar-refractivity contribution is -0.636. The van der Waals surface area contributed by atoms with E-state index in [1.54, 1.807) is 75.9 Å². The van der Waals surface area contributed by atoms with Gasteiger partial charge in [-0.25, -0.2) is 22.5 Å². The first-order valence-electron chi connectivity index (χ1n) is 30.2. The Labute approximate surface area is 627 Å². The number of aromatic nitrogens is 6. The molecule has 3 aliphatic rings. The number of para-hydroxylation sites is 1. The molecule has 492 valence electrons. The molecule has 3 aliphatic heterocycles. The summed E-state index contributed by atoms with van der Waals surface area (Å²) in [5, 5.41) is 6.09. The highest BCUT2D eigenvalue weighted by Crippen LogP contribution is 2.49. The van der Waals surface area contributed by atoms with Gasteiger partial charge in [0.15, 0.2) is 28.6 Å². The molecule has 0 saturated heterocycles. The maximum Gasteiger partial charge on any atom is 0.331 e. The quantitative estimate of drug-likeness (QED) is 0.103. The summed E-state index contributed by atoms with van der Waals surface area (Å²) in [5.41, 5.74) is 11.8. The zero-order chi connectivity index (χ0) is 65.3. The van der Waals surface area contributed by atoms with Gasteiger partial charge in [-0.05, 0) is 142 Å². The number of rotatable bonds is 10. The van der Waals surface area contributed by atoms with Crippen molar-refractivity contribution < 1.29 is 113 Å². The van der Waals surface area contributed by atoms with Crippen LogP contribution in [0.1, 0.15) is 17.1 Å². The van der Waals surface area contributed by atoms with E-state index < -0.39 is 0 Å². The number of nitrogens with zero attached hydrogens (tertiary/aromatic N) is 9. The summed E-state index contributed by atoms with van der Waals surface area (Å²) < 4.78 is 56.0. The minimum atomic E-state index is -0.249. The highest BCUT2D eigenvalue weighted by molar-refractivity contribution is 8.04. The molecule has 6 heterocycles. The number of halogens is 5. The summed E-state index contributed by atoms with van der Waals surface area (Å²) in [6, 6.07) is 64.9. The molecule has 0 amide bonds. The second-order valence-electron chi connectivity index (χ2n) is 22.4. The third-order valence-corrected chi connectivity index (χ3v) is 20.3. The van der Waals surface area contributed by atoms with Crippen molar-refractivity contribution in [1.82, 2.24) is 15.0 Å². The number of fused-ring (bicyclic) bond motifs is 6. The Balaban J connectivity index is 0.000000156. The van der Waals surface area contributed by atoms with Crippen LogP contribution < -0.4 is 119 Å². The molecule has 0 aliphatic carbocycles. The maximum atomic E-state index is 13.8. The fourth-order valence-electron chi connectivity index (χ4n) is 11.7. The molecule has 12 aromatic rings. The van der Waals surface area contributed by atoms with Crippen molar-refractivity contribution in [2.75, 3.05) is 64.3 Å². The van der Waals surface area contributed by atoms with Gasteiger partial charge in [0.1, 0.15) is 39.7 Å². The standard InChI is InChI=1S/C26H23FN3O2S.C25H21FN3OS.C25H22N3OS.3HI/c1-29-21-12-17(27)10-11-24(21)33-25(29)14-19-18-13-22(31-3)23(32-4)15-20(18)30(2)26(28-19)16-8-6-5-7-9-16;1-28-22-13-17(26)9-12-23(22)31-24(28)15-20-19-14-18(30-3)10-11-21(19)29(2)25(27-20)16-7-5-4-6-8-16;1-27-22-11-7-8-12-23(22)30-24(27)16-20-19-15-18(29-3)13-14-21(19)28(2)25(26-20)17-9-5-4-6-10-17;;;/h5-15H,1-4H3;4-15H,1-3H3;4-16H,1-3H3;3*1H/q3*+1;;;/p-3. The van der Waals surface area contributed by atoms with Crippen molar-refractivity contribution >= 4 is 103 Å². The van der Waals surface area contributed by atoms with Gasteiger partial charge >= 0.3 is 17.5 Å². The number of thioether (sulfide) groups is 3. The predicted molar refractivity (Wildman–Crippen MR) is 377 cm³/mol. The topological polar surface area (TPSA) is 97.0 Å². The maximum absolute atomic E-state index is 13.8. The summed E-state index contributed by atoms with van der Waals surface area (Å²) >= 11 is 4.98. The van der Waals surface area contributed by atoms with Crippen molar-refractivity contribution in [3.8, 4) is 57.2 Å². The molecule has 0 spiro atoms. The molecular formula is C76H66F2I3N9O4S3. The second-order valence-corrected chi connectivity index (χ2v) is 25.5. The van der Waals surface area contributed by atoms with Crippen LogP contribution in [0.5, 0.6) is 23.0 Å². The average Bonchev–Trinajstić information content (AvgIpc) is 1.22. The lowest BCUT2D eigenvalue weighted by Crippen LogP contribution is -3.00. The zero-order valence-electron chi connectivity index (χ0n) is 54.6. The van der Waals surface area contributed by atoms with E-state index in [1.165, 1.54) is 22.7 Å². The molecule has 0 fully saturated rings. The molecule has 3 aromatic heterocycles. The lowest BCUT2D eigenvalue weighted by atomic mass is 10.1. The Morgan fingerprint density at radius 3 is 1.08 bits per heavy atom. The van der Waals surface area contributed by atoms with E-state index in [0.717, 1.165) is 132 Å². The Hall–Kier alpha value is -8.08. The largest absolute Gasteiger partial charge is 1.00 e. The molecular weight excluding hydrogens is 1620 g/mol. The van der Waals surface area contributed by atoms with Crippen molar-refractivity contribution in [2.24, 2.45) is 21.1 Å². The zero-order valence-corrected chi connectivity index (χ0v) is 63.5. The third kappa shape index (κ3) is 14.6. The molecule has 21 heteroatoms. The van der Waals surface area contributed by atoms with Gasteiger partial charge < -0.3 is 106 Å². The lowest BCUT2D eigenvalue weighted by Gasteiger charge is -2.14. The number of methoxy groups -OCH3 is 4. The number of aryl methyl sites for hydroxylation is 3. The summed E-state index contributed by atoms with van der Waals surface area (Å²) in [6.45, 7) is 0. The summed E-state index contributed by atoms with van der Waals surface area (Å²) in [6.07, 6.45) is 6.29. The molecule has 0 N–H and O–H groups in total. The Bertz CT molecular complexity index is 5040. The van der Waals surface area contributed by atoms with E-state index >= 15 is 0 Å². The molecule has 0 unspecified atom stereocenters. The number of hydrogen-bond donors (Lipinski definition) is 0. The first kappa shape index (κ1) is 71.7. The molecule has 9 aromatic carbocycles. The van der Waals surface area contributed by atoms with Crippen LogP contribution in [0.4, 0.5) is 25.8 Å². The van der Waals surface area contributed by atoms with Crippen molar-refractivity contribution in [3.05, 3.63) is 244 Å². The van der Waals surface area contributed by atoms with Gasteiger partial charge in [0.2, 0.25) is 0 Å². The van der Waals surface area contributed by atoms with Crippen LogP contribution >= 0.6 is 35.3 Å². The minimum absolute atomic E-state index is 0. The fraction of sp³-hybridized carbons (Fsp3) is 0.132. The van der Waals surface area contributed by atoms with Gasteiger partial charge in [0.25, 0.3) is 0 Å². The van der Waals surface area contributed by atoms with Gasteiger partial charge in [-0.15, -0.1) is 0 Å². The molecule has 13 nitrogen and oxygen atoms in total. The van der Waals surface area contributed by atoms with Gasteiger partial charge in [-0.2, -0.15) is 0 Å². The molecule has 0 saturated carbocycles. The van der Waals surface area contributed by atoms with E-state index in [-0.39, 0.29) is 83.6 Å². The molecule has 0 radical (unpaired) electrons. The smallest absolute Gasteiger partial charge is 0.331 e. The Kier molecular flexibility index (Phi) is 23.1. The van der Waals surface area contributed by atoms with Crippen LogP contribution in [0.15, 0.2) is 230 Å². The van der Waals surface area contributed by atoms with Crippen LogP contribution in [0.25, 0.3) is 85.1 Å². The monoisotopic (exact) mass is 1680 g/mol. The summed E-state index contributed by atoms with van der Waals surface area (Å²) in [5.74, 6) is 5.04. The van der Waals surface area contributed by atoms with E-state index in [2.05, 4.69) is 112 Å². The van der Waals surface area contributed by atoms with Crippen molar-refractivity contribution in [2.45, 2.75) is 14.7 Å². The van der Waals surface area contributed by atoms with Gasteiger partial charge in [0, 0.05) is 60.1 Å². The number of benzene rings is 9. The van der Waals surface area contributed by atoms with E-state index in [0.29, 0.717) is 11.5 Å². The first-order chi connectivity index (χ1) is 45.7. The highest BCUT2D eigenvalue weighted by Gasteiger charge is 2.31. The van der Waals surface area contributed by atoms with E-state index in [4.69, 9.17) is 33.9 Å². The predicted octanol–water partition coefficient (Wildman–Crippen LogP) is 7.13. The minimum Gasteiger partial charge on any atom is -1.00 e. The molecule has 97 heavy (non-hydrogen) atoms. The van der Waals surface area contributed by atoms with Crippen LogP contribution in [-0.2, 0) is 21.1 Å². The van der Waals surface area contributed by atoms with Gasteiger partial charge in [-0.1, -0.05) is 102 Å². The van der Waals surface area contributed by atoms with Crippen LogP contribution in [0, 0.1) is 11.6 Å². The van der Waals surface area contributed by atoms with Crippen molar-refractivity contribution in [3.63, 3.8) is 0 Å². The third-order valence-electron chi connectivity index (χ3n) is 16.8. The SMILES string of the molecule is COc1cc2c(C=C3Sc4ccc(F)cc4N3C)nc(-c3ccccc3)[n+](C)c2cc1OC.COc1ccc2c(c1)c(C=C1Sc3ccc(F)cc3N1C)nc(-c1ccccc1)[n+]2C.COc1ccc2c(c1)c(C=C1Sc3ccccc3N1C)nc(-c1ccccc1)[n+]2C.[I-].[I-].[I-]. The number of anilines is 3. The summed E-state index contributed by atoms with van der Waals surface area (Å²) in [7, 11) is 18.7. The first-order valence-corrected chi connectivity index (χ1v) is 32.6. The summed E-state index contributed by atoms with van der Waals surface area (Å²) in [4.78, 5) is 24.7. The average molecular weight is 1680 g/mol. The van der Waals surface area contributed by atoms with Gasteiger partial charge in [-0.3, -0.25) is 0 Å². The van der Waals surface area contributed by atoms with E-state index in [9.17, 15) is 8.78 Å². The normalized spacial score (nSPS) is 13.8. The van der Waals surface area contributed by atoms with Crippen LogP contribution in [0.2, 0.25) is 0 Å². The molecule has 0 bridgehead atoms. The van der Waals surface area contributed by atoms with E-state index in [1.807, 2.05) is 153 Å². The molecule has 15 rings (SSSR count). The van der Waals surface area contributed by atoms with Crippen LogP contribution in [-0.4, -0.2) is 64.5 Å². The second kappa shape index (κ2) is 31.2. The Morgan fingerprint density at radius 2 is 0.701 bits per heavy atom. The van der Waals surface area contributed by atoms with Crippen LogP contribution in [0.3, 0.4) is 0 Å². The molecule has 0 atom stereocenters.